The zero-order valence-corrected chi connectivity index (χ0v) is 13.6. The monoisotopic (exact) mass is 315 g/mol. The van der Waals surface area contributed by atoms with Crippen LogP contribution in [0.25, 0.3) is 21.9 Å². The lowest BCUT2D eigenvalue weighted by Crippen LogP contribution is -2.24. The molecule has 3 rings (SSSR count). The van der Waals surface area contributed by atoms with Crippen LogP contribution < -0.4 is 5.73 Å². The van der Waals surface area contributed by atoms with Gasteiger partial charge in [0.2, 0.25) is 0 Å². The number of aromatic nitrogens is 4. The van der Waals surface area contributed by atoms with E-state index in [1.54, 1.807) is 27.2 Å². The minimum absolute atomic E-state index is 0.347. The maximum absolute atomic E-state index is 10.3. The summed E-state index contributed by atoms with van der Waals surface area (Å²) in [5.41, 5.74) is 7.34. The lowest BCUT2D eigenvalue weighted by atomic mass is 9.99. The van der Waals surface area contributed by atoms with Gasteiger partial charge >= 0.3 is 0 Å². The van der Waals surface area contributed by atoms with Crippen LogP contribution in [0.4, 0.5) is 5.82 Å². The molecule has 0 radical (unpaired) electrons. The molecule has 0 aliphatic rings. The summed E-state index contributed by atoms with van der Waals surface area (Å²) in [7, 11) is 1.65. The normalized spacial score (nSPS) is 12.3. The van der Waals surface area contributed by atoms with Crippen molar-refractivity contribution >= 4 is 27.8 Å². The summed E-state index contributed by atoms with van der Waals surface area (Å²) >= 11 is 0. The van der Waals surface area contributed by atoms with E-state index in [0.717, 1.165) is 16.5 Å². The molecule has 3 heterocycles. The van der Waals surface area contributed by atoms with Crippen molar-refractivity contribution in [2.75, 3.05) is 19.5 Å². The number of anilines is 1. The predicted molar refractivity (Wildman–Crippen MR) is 89.1 cm³/mol. The SMILES string of the molecule is COCCn1nc2c(N)nc3ncccc3c2c1CC(C)(C)O. The van der Waals surface area contributed by atoms with E-state index in [1.165, 1.54) is 0 Å². The third-order valence-electron chi connectivity index (χ3n) is 3.69. The number of hydrogen-bond acceptors (Lipinski definition) is 6. The van der Waals surface area contributed by atoms with Crippen LogP contribution in [-0.4, -0.2) is 44.2 Å². The number of methoxy groups -OCH3 is 1. The summed E-state index contributed by atoms with van der Waals surface area (Å²) in [6, 6.07) is 3.81. The van der Waals surface area contributed by atoms with Gasteiger partial charge in [0, 0.05) is 30.5 Å². The first kappa shape index (κ1) is 15.6. The van der Waals surface area contributed by atoms with Crippen LogP contribution in [-0.2, 0) is 17.7 Å². The zero-order chi connectivity index (χ0) is 16.6. The molecule has 0 saturated carbocycles. The second-order valence-corrected chi connectivity index (χ2v) is 6.25. The maximum Gasteiger partial charge on any atom is 0.162 e. The van der Waals surface area contributed by atoms with Crippen LogP contribution in [0.3, 0.4) is 0 Å². The lowest BCUT2D eigenvalue weighted by molar-refractivity contribution is 0.0783. The molecular weight excluding hydrogens is 294 g/mol. The highest BCUT2D eigenvalue weighted by Crippen LogP contribution is 2.31. The Balaban J connectivity index is 2.32. The molecule has 0 amide bonds. The molecule has 0 aliphatic heterocycles. The first-order chi connectivity index (χ1) is 10.9. The Hall–Kier alpha value is -2.25. The quantitative estimate of drug-likeness (QED) is 0.740. The van der Waals surface area contributed by atoms with Gasteiger partial charge in [0.05, 0.1) is 24.4 Å². The highest BCUT2D eigenvalue weighted by molar-refractivity contribution is 6.08. The lowest BCUT2D eigenvalue weighted by Gasteiger charge is -2.18. The number of nitrogen functional groups attached to an aromatic ring is 1. The number of rotatable bonds is 5. The van der Waals surface area contributed by atoms with Crippen molar-refractivity contribution in [2.24, 2.45) is 0 Å². The van der Waals surface area contributed by atoms with Crippen molar-refractivity contribution in [3.8, 4) is 0 Å². The van der Waals surface area contributed by atoms with Crippen molar-refractivity contribution < 1.29 is 9.84 Å². The van der Waals surface area contributed by atoms with Crippen molar-refractivity contribution in [2.45, 2.75) is 32.4 Å². The summed E-state index contributed by atoms with van der Waals surface area (Å²) in [6.07, 6.45) is 2.13. The Labute approximate surface area is 134 Å². The number of pyridine rings is 2. The molecule has 0 atom stereocenters. The van der Waals surface area contributed by atoms with E-state index in [9.17, 15) is 5.11 Å². The maximum atomic E-state index is 10.3. The summed E-state index contributed by atoms with van der Waals surface area (Å²) < 4.78 is 7.01. The molecule has 0 bridgehead atoms. The summed E-state index contributed by atoms with van der Waals surface area (Å²) in [4.78, 5) is 8.62. The Kier molecular flexibility index (Phi) is 3.91. The van der Waals surface area contributed by atoms with Gasteiger partial charge < -0.3 is 15.6 Å². The molecule has 3 aromatic heterocycles. The van der Waals surface area contributed by atoms with Gasteiger partial charge in [0.1, 0.15) is 5.52 Å². The second kappa shape index (κ2) is 5.75. The van der Waals surface area contributed by atoms with Crippen molar-refractivity contribution in [1.82, 2.24) is 19.7 Å². The van der Waals surface area contributed by atoms with Gasteiger partial charge in [-0.15, -0.1) is 0 Å². The van der Waals surface area contributed by atoms with E-state index in [-0.39, 0.29) is 0 Å². The molecule has 7 nitrogen and oxygen atoms in total. The first-order valence-electron chi connectivity index (χ1n) is 7.51. The van der Waals surface area contributed by atoms with Gasteiger partial charge in [-0.05, 0) is 26.0 Å². The Morgan fingerprint density at radius 3 is 2.87 bits per heavy atom. The van der Waals surface area contributed by atoms with Crippen LogP contribution in [0.5, 0.6) is 0 Å². The van der Waals surface area contributed by atoms with E-state index < -0.39 is 5.60 Å². The molecular formula is C16H21N5O2. The molecule has 23 heavy (non-hydrogen) atoms. The average Bonchev–Trinajstić information content (AvgIpc) is 2.83. The topological polar surface area (TPSA) is 99.1 Å². The highest BCUT2D eigenvalue weighted by Gasteiger charge is 2.23. The third kappa shape index (κ3) is 2.97. The smallest absolute Gasteiger partial charge is 0.162 e. The molecule has 7 heteroatoms. The Morgan fingerprint density at radius 2 is 2.17 bits per heavy atom. The Morgan fingerprint density at radius 1 is 1.39 bits per heavy atom. The molecule has 0 spiro atoms. The molecule has 122 valence electrons. The van der Waals surface area contributed by atoms with Gasteiger partial charge in [-0.3, -0.25) is 4.68 Å². The van der Waals surface area contributed by atoms with Gasteiger partial charge in [0.15, 0.2) is 11.5 Å². The first-order valence-corrected chi connectivity index (χ1v) is 7.51. The van der Waals surface area contributed by atoms with Crippen LogP contribution >= 0.6 is 0 Å². The largest absolute Gasteiger partial charge is 0.390 e. The van der Waals surface area contributed by atoms with Crippen molar-refractivity contribution in [3.63, 3.8) is 0 Å². The van der Waals surface area contributed by atoms with Gasteiger partial charge in [0.25, 0.3) is 0 Å². The predicted octanol–water partition coefficient (Wildman–Crippen LogP) is 1.52. The molecule has 0 saturated heterocycles. The summed E-state index contributed by atoms with van der Waals surface area (Å²) in [5.74, 6) is 0.347. The molecule has 3 aromatic rings. The van der Waals surface area contributed by atoms with E-state index in [2.05, 4.69) is 15.1 Å². The van der Waals surface area contributed by atoms with Crippen LogP contribution in [0, 0.1) is 0 Å². The average molecular weight is 315 g/mol. The van der Waals surface area contributed by atoms with E-state index in [4.69, 9.17) is 10.5 Å². The Bertz CT molecular complexity index is 851. The minimum Gasteiger partial charge on any atom is -0.390 e. The van der Waals surface area contributed by atoms with E-state index in [1.807, 2.05) is 16.8 Å². The summed E-state index contributed by atoms with van der Waals surface area (Å²) in [6.45, 7) is 4.66. The molecule has 3 N–H and O–H groups in total. The number of fused-ring (bicyclic) bond motifs is 3. The zero-order valence-electron chi connectivity index (χ0n) is 13.6. The van der Waals surface area contributed by atoms with Crippen LogP contribution in [0.15, 0.2) is 18.3 Å². The highest BCUT2D eigenvalue weighted by atomic mass is 16.5. The van der Waals surface area contributed by atoms with E-state index >= 15 is 0 Å². The number of nitrogens with zero attached hydrogens (tertiary/aromatic N) is 4. The molecule has 0 fully saturated rings. The number of nitrogens with two attached hydrogens (primary N) is 1. The standard InChI is InChI=1S/C16H21N5O2/c1-16(2,22)9-11-12-10-5-4-6-18-15(10)19-14(17)13(12)20-21(11)7-8-23-3/h4-6,22H,7-9H2,1-3H3,(H2,17,18,19). The minimum atomic E-state index is -0.871. The number of hydrogen-bond donors (Lipinski definition) is 2. The third-order valence-corrected chi connectivity index (χ3v) is 3.69. The fourth-order valence-electron chi connectivity index (χ4n) is 2.76. The molecule has 0 unspecified atom stereocenters. The number of aliphatic hydroxyl groups is 1. The van der Waals surface area contributed by atoms with Gasteiger partial charge in [-0.1, -0.05) is 0 Å². The van der Waals surface area contributed by atoms with Crippen LogP contribution in [0.2, 0.25) is 0 Å². The fourth-order valence-corrected chi connectivity index (χ4v) is 2.76. The second-order valence-electron chi connectivity index (χ2n) is 6.25. The van der Waals surface area contributed by atoms with Crippen molar-refractivity contribution in [1.29, 1.82) is 0 Å². The van der Waals surface area contributed by atoms with E-state index in [0.29, 0.717) is 36.6 Å². The van der Waals surface area contributed by atoms with Gasteiger partial charge in [-0.2, -0.15) is 5.10 Å². The van der Waals surface area contributed by atoms with Crippen molar-refractivity contribution in [3.05, 3.63) is 24.0 Å². The van der Waals surface area contributed by atoms with Gasteiger partial charge in [-0.25, -0.2) is 9.97 Å². The molecule has 0 aromatic carbocycles. The fraction of sp³-hybridized carbons (Fsp3) is 0.438. The summed E-state index contributed by atoms with van der Waals surface area (Å²) in [5, 5.41) is 16.7. The molecule has 0 aliphatic carbocycles. The van der Waals surface area contributed by atoms with Crippen LogP contribution in [0.1, 0.15) is 19.5 Å². The number of ether oxygens (including phenoxy) is 1.